The number of rotatable bonds is 5. The van der Waals surface area contributed by atoms with Gasteiger partial charge in [0.1, 0.15) is 0 Å². The Balaban J connectivity index is 1.70. The molecule has 0 bridgehead atoms. The third kappa shape index (κ3) is 3.80. The fourth-order valence-electron chi connectivity index (χ4n) is 2.76. The van der Waals surface area contributed by atoms with Gasteiger partial charge in [-0.1, -0.05) is 23.7 Å². The summed E-state index contributed by atoms with van der Waals surface area (Å²) in [4.78, 5) is 10.1. The van der Waals surface area contributed by atoms with Crippen LogP contribution in [0.1, 0.15) is 18.1 Å². The van der Waals surface area contributed by atoms with Gasteiger partial charge in [0.15, 0.2) is 0 Å². The van der Waals surface area contributed by atoms with E-state index in [2.05, 4.69) is 52.3 Å². The Bertz CT molecular complexity index is 847. The predicted molar refractivity (Wildman–Crippen MR) is 105 cm³/mol. The number of anilines is 1. The summed E-state index contributed by atoms with van der Waals surface area (Å²) in [5.74, 6) is 0. The van der Waals surface area contributed by atoms with Crippen LogP contribution in [-0.4, -0.2) is 31.3 Å². The maximum absolute atomic E-state index is 6.11. The summed E-state index contributed by atoms with van der Waals surface area (Å²) < 4.78 is 0. The van der Waals surface area contributed by atoms with Gasteiger partial charge in [-0.05, 0) is 54.8 Å². The maximum Gasteiger partial charge on any atom is 0.0512 e. The highest BCUT2D eigenvalue weighted by Gasteiger charge is 2.08. The molecule has 3 aromatic rings. The third-order valence-electron chi connectivity index (χ3n) is 4.13. The van der Waals surface area contributed by atoms with E-state index in [1.54, 1.807) is 0 Å². The molecule has 1 heterocycles. The molecule has 0 aliphatic heterocycles. The number of benzene rings is 2. The van der Waals surface area contributed by atoms with Crippen molar-refractivity contribution in [3.8, 4) is 0 Å². The van der Waals surface area contributed by atoms with Crippen LogP contribution in [-0.2, 0) is 6.42 Å². The minimum absolute atomic E-state index is 0.205. The van der Waals surface area contributed by atoms with Crippen molar-refractivity contribution in [2.75, 3.05) is 19.0 Å². The molecule has 0 fully saturated rings. The molecule has 1 atom stereocenters. The van der Waals surface area contributed by atoms with Gasteiger partial charge in [0.2, 0.25) is 0 Å². The smallest absolute Gasteiger partial charge is 0.0512 e. The van der Waals surface area contributed by atoms with Gasteiger partial charge >= 0.3 is 0 Å². The number of aliphatic imine (C=N–C) groups is 1. The molecule has 3 nitrogen and oxygen atoms in total. The largest absolute Gasteiger partial charge is 0.378 e. The van der Waals surface area contributed by atoms with Crippen molar-refractivity contribution in [2.24, 2.45) is 4.99 Å². The molecule has 1 N–H and O–H groups in total. The molecule has 0 amide bonds. The van der Waals surface area contributed by atoms with Crippen LogP contribution in [0.3, 0.4) is 0 Å². The van der Waals surface area contributed by atoms with E-state index in [4.69, 9.17) is 11.6 Å². The SMILES string of the molecule is C[C@H](Cc1c[nH]c2ccc(Cl)cc12)N=Cc1ccc(N(C)C)cc1. The Morgan fingerprint density at radius 1 is 1.17 bits per heavy atom. The second-order valence-electron chi connectivity index (χ2n) is 6.32. The summed E-state index contributed by atoms with van der Waals surface area (Å²) in [5, 5.41) is 1.94. The highest BCUT2D eigenvalue weighted by Crippen LogP contribution is 2.23. The van der Waals surface area contributed by atoms with Crippen molar-refractivity contribution < 1.29 is 0 Å². The third-order valence-corrected chi connectivity index (χ3v) is 4.37. The van der Waals surface area contributed by atoms with Crippen LogP contribution >= 0.6 is 11.6 Å². The summed E-state index contributed by atoms with van der Waals surface area (Å²) in [6.07, 6.45) is 4.89. The minimum atomic E-state index is 0.205. The fourth-order valence-corrected chi connectivity index (χ4v) is 2.93. The first-order valence-electron chi connectivity index (χ1n) is 8.09. The molecule has 2 aromatic carbocycles. The van der Waals surface area contributed by atoms with Crippen molar-refractivity contribution >= 4 is 34.4 Å². The Kier molecular flexibility index (Phi) is 4.91. The predicted octanol–water partition coefficient (Wildman–Crippen LogP) is 4.94. The van der Waals surface area contributed by atoms with Crippen LogP contribution in [0, 0.1) is 0 Å². The fraction of sp³-hybridized carbons (Fsp3) is 0.250. The molecular formula is C20H22ClN3. The molecule has 0 saturated carbocycles. The number of fused-ring (bicyclic) bond motifs is 1. The van der Waals surface area contributed by atoms with Gasteiger partial charge < -0.3 is 9.88 Å². The molecule has 0 unspecified atom stereocenters. The molecule has 0 spiro atoms. The first-order valence-corrected chi connectivity index (χ1v) is 8.47. The Morgan fingerprint density at radius 2 is 1.92 bits per heavy atom. The lowest BCUT2D eigenvalue weighted by molar-refractivity contribution is 0.747. The van der Waals surface area contributed by atoms with Crippen LogP contribution < -0.4 is 4.90 Å². The van der Waals surface area contributed by atoms with Crippen LogP contribution in [0.2, 0.25) is 5.02 Å². The van der Waals surface area contributed by atoms with E-state index in [0.29, 0.717) is 0 Å². The number of hydrogen-bond donors (Lipinski definition) is 1. The minimum Gasteiger partial charge on any atom is -0.378 e. The lowest BCUT2D eigenvalue weighted by Gasteiger charge is -2.11. The van der Waals surface area contributed by atoms with E-state index < -0.39 is 0 Å². The molecule has 0 saturated heterocycles. The summed E-state index contributed by atoms with van der Waals surface area (Å²) in [5.41, 5.74) is 4.68. The van der Waals surface area contributed by atoms with Crippen molar-refractivity contribution in [3.63, 3.8) is 0 Å². The normalized spacial score (nSPS) is 12.8. The summed E-state index contributed by atoms with van der Waals surface area (Å²) in [6, 6.07) is 14.5. The standard InChI is InChI=1S/C20H22ClN3/c1-14(22-12-15-4-7-18(8-5-15)24(2)3)10-16-13-23-20-9-6-17(21)11-19(16)20/h4-9,11-14,23H,10H2,1-3H3/t14-/m1/s1. The van der Waals surface area contributed by atoms with Gasteiger partial charge in [-0.25, -0.2) is 0 Å². The van der Waals surface area contributed by atoms with E-state index in [0.717, 1.165) is 22.5 Å². The van der Waals surface area contributed by atoms with Gasteiger partial charge in [-0.2, -0.15) is 0 Å². The van der Waals surface area contributed by atoms with Gasteiger partial charge in [-0.15, -0.1) is 0 Å². The monoisotopic (exact) mass is 339 g/mol. The van der Waals surface area contributed by atoms with Crippen molar-refractivity contribution in [2.45, 2.75) is 19.4 Å². The highest BCUT2D eigenvalue weighted by atomic mass is 35.5. The zero-order chi connectivity index (χ0) is 17.1. The number of halogens is 1. The second kappa shape index (κ2) is 7.10. The molecule has 24 heavy (non-hydrogen) atoms. The van der Waals surface area contributed by atoms with Crippen LogP contribution in [0.25, 0.3) is 10.9 Å². The first-order chi connectivity index (χ1) is 11.5. The number of aromatic nitrogens is 1. The number of nitrogens with one attached hydrogen (secondary N) is 1. The Hall–Kier alpha value is -2.26. The summed E-state index contributed by atoms with van der Waals surface area (Å²) in [7, 11) is 4.08. The zero-order valence-electron chi connectivity index (χ0n) is 14.3. The number of H-pyrrole nitrogens is 1. The van der Waals surface area contributed by atoms with Gasteiger partial charge in [-0.3, -0.25) is 4.99 Å². The second-order valence-corrected chi connectivity index (χ2v) is 6.76. The molecule has 0 aliphatic carbocycles. The molecule has 3 rings (SSSR count). The molecular weight excluding hydrogens is 318 g/mol. The van der Waals surface area contributed by atoms with E-state index in [-0.39, 0.29) is 6.04 Å². The highest BCUT2D eigenvalue weighted by molar-refractivity contribution is 6.31. The van der Waals surface area contributed by atoms with Crippen LogP contribution in [0.5, 0.6) is 0 Å². The maximum atomic E-state index is 6.11. The Morgan fingerprint density at radius 3 is 2.62 bits per heavy atom. The number of nitrogens with zero attached hydrogens (tertiary/aromatic N) is 2. The van der Waals surface area contributed by atoms with E-state index in [1.165, 1.54) is 16.6 Å². The molecule has 4 heteroatoms. The molecule has 124 valence electrons. The Labute approximate surface area is 148 Å². The topological polar surface area (TPSA) is 31.4 Å². The molecule has 0 aliphatic rings. The van der Waals surface area contributed by atoms with E-state index >= 15 is 0 Å². The lowest BCUT2D eigenvalue weighted by Crippen LogP contribution is -2.08. The quantitative estimate of drug-likeness (QED) is 0.656. The zero-order valence-corrected chi connectivity index (χ0v) is 15.0. The van der Waals surface area contributed by atoms with E-state index in [9.17, 15) is 0 Å². The van der Waals surface area contributed by atoms with Crippen molar-refractivity contribution in [1.82, 2.24) is 4.98 Å². The lowest BCUT2D eigenvalue weighted by atomic mass is 10.1. The first kappa shape index (κ1) is 16.6. The van der Waals surface area contributed by atoms with E-state index in [1.807, 2.05) is 38.5 Å². The van der Waals surface area contributed by atoms with Crippen LogP contribution in [0.15, 0.2) is 53.7 Å². The average Bonchev–Trinajstić information content (AvgIpc) is 2.95. The number of aromatic amines is 1. The van der Waals surface area contributed by atoms with Gasteiger partial charge in [0, 0.05) is 48.1 Å². The molecule has 0 radical (unpaired) electrons. The van der Waals surface area contributed by atoms with Gasteiger partial charge in [0.05, 0.1) is 6.04 Å². The summed E-state index contributed by atoms with van der Waals surface area (Å²) in [6.45, 7) is 2.13. The number of hydrogen-bond acceptors (Lipinski definition) is 2. The summed E-state index contributed by atoms with van der Waals surface area (Å²) >= 11 is 6.11. The van der Waals surface area contributed by atoms with Gasteiger partial charge in [0.25, 0.3) is 0 Å². The van der Waals surface area contributed by atoms with Crippen LogP contribution in [0.4, 0.5) is 5.69 Å². The molecule has 1 aromatic heterocycles. The average molecular weight is 340 g/mol. The van der Waals surface area contributed by atoms with Crippen molar-refractivity contribution in [1.29, 1.82) is 0 Å². The van der Waals surface area contributed by atoms with Crippen molar-refractivity contribution in [3.05, 3.63) is 64.8 Å².